The van der Waals surface area contributed by atoms with Gasteiger partial charge < -0.3 is 19.8 Å². The van der Waals surface area contributed by atoms with Gasteiger partial charge in [-0.15, -0.1) is 10.2 Å². The molecule has 0 spiro atoms. The van der Waals surface area contributed by atoms with E-state index in [1.54, 1.807) is 18.2 Å². The van der Waals surface area contributed by atoms with Gasteiger partial charge >= 0.3 is 0 Å². The minimum absolute atomic E-state index is 0.0130. The number of nitrogens with zero attached hydrogens (tertiary/aromatic N) is 3. The van der Waals surface area contributed by atoms with Crippen LogP contribution in [0.1, 0.15) is 49.5 Å². The van der Waals surface area contributed by atoms with Crippen molar-refractivity contribution in [2.45, 2.75) is 37.7 Å². The molecule has 0 saturated heterocycles. The quantitative estimate of drug-likeness (QED) is 0.319. The Morgan fingerprint density at radius 3 is 2.58 bits per heavy atom. The summed E-state index contributed by atoms with van der Waals surface area (Å²) in [5.74, 6) is 2.32. The molecule has 2 N–H and O–H groups in total. The van der Waals surface area contributed by atoms with Crippen LogP contribution in [0.4, 0.5) is 11.5 Å². The number of carbonyl (C=O) groups is 1. The standard InChI is InChI=1S/C26H23Cl2N5O3/c27-17-6-8-19-16(11-17)5-10-23(30-19)31-24(34)14-1-3-15(4-2-14)25-32-33-26(36-25)22-13-29-20-12-18(28)7-9-21(20)35-22/h5-12,14-15,22,29H,1-4,13H2,(H,30,31,34)/t14-,15-,22-/m1/s1. The fourth-order valence-corrected chi connectivity index (χ4v) is 5.17. The van der Waals surface area contributed by atoms with Gasteiger partial charge in [-0.2, -0.15) is 0 Å². The van der Waals surface area contributed by atoms with E-state index in [1.807, 2.05) is 30.3 Å². The number of fused-ring (bicyclic) bond motifs is 2. The Bertz CT molecular complexity index is 1430. The predicted molar refractivity (Wildman–Crippen MR) is 138 cm³/mol. The number of pyridine rings is 1. The van der Waals surface area contributed by atoms with Crippen LogP contribution in [0.25, 0.3) is 10.9 Å². The van der Waals surface area contributed by atoms with E-state index in [0.717, 1.165) is 42.3 Å². The monoisotopic (exact) mass is 523 g/mol. The van der Waals surface area contributed by atoms with Gasteiger partial charge in [0.1, 0.15) is 11.6 Å². The Balaban J connectivity index is 1.05. The van der Waals surface area contributed by atoms with Crippen LogP contribution in [0.3, 0.4) is 0 Å². The fraction of sp³-hybridized carbons (Fsp3) is 0.308. The molecule has 0 bridgehead atoms. The molecule has 8 nitrogen and oxygen atoms in total. The van der Waals surface area contributed by atoms with Gasteiger partial charge in [0, 0.05) is 27.3 Å². The highest BCUT2D eigenvalue weighted by Crippen LogP contribution is 2.38. The second-order valence-corrected chi connectivity index (χ2v) is 10.1. The summed E-state index contributed by atoms with van der Waals surface area (Å²) < 4.78 is 12.0. The van der Waals surface area contributed by atoms with Crippen LogP contribution in [0.2, 0.25) is 10.0 Å². The first-order chi connectivity index (χ1) is 17.5. The van der Waals surface area contributed by atoms with E-state index < -0.39 is 0 Å². The molecule has 1 atom stereocenters. The number of hydrogen-bond acceptors (Lipinski definition) is 7. The summed E-state index contributed by atoms with van der Waals surface area (Å²) in [6.07, 6.45) is 2.72. The number of nitrogens with one attached hydrogen (secondary N) is 2. The lowest BCUT2D eigenvalue weighted by molar-refractivity contribution is -0.120. The van der Waals surface area contributed by atoms with Gasteiger partial charge in [0.05, 0.1) is 17.7 Å². The minimum atomic E-state index is -0.368. The highest BCUT2D eigenvalue weighted by Gasteiger charge is 2.32. The molecule has 10 heteroatoms. The molecule has 1 aliphatic heterocycles. The van der Waals surface area contributed by atoms with Crippen molar-refractivity contribution in [2.75, 3.05) is 17.2 Å². The number of ether oxygens (including phenoxy) is 1. The van der Waals surface area contributed by atoms with E-state index in [0.29, 0.717) is 39.9 Å². The van der Waals surface area contributed by atoms with Crippen LogP contribution < -0.4 is 15.4 Å². The number of halogens is 2. The van der Waals surface area contributed by atoms with Crippen molar-refractivity contribution in [3.63, 3.8) is 0 Å². The molecular formula is C26H23Cl2N5O3. The molecule has 1 amide bonds. The third kappa shape index (κ3) is 4.70. The maximum Gasteiger partial charge on any atom is 0.258 e. The number of carbonyl (C=O) groups excluding carboxylic acids is 1. The molecule has 2 aromatic heterocycles. The molecule has 2 aliphatic rings. The SMILES string of the molecule is O=C(Nc1ccc2cc(Cl)ccc2n1)[C@H]1CC[C@H](c2nnc([C@H]3CNc4cc(Cl)ccc4O3)o2)CC1. The lowest BCUT2D eigenvalue weighted by atomic mass is 9.81. The zero-order chi connectivity index (χ0) is 24.6. The average molecular weight is 524 g/mol. The van der Waals surface area contributed by atoms with Crippen LogP contribution in [0, 0.1) is 5.92 Å². The summed E-state index contributed by atoms with van der Waals surface area (Å²) >= 11 is 12.1. The number of aromatic nitrogens is 3. The zero-order valence-electron chi connectivity index (χ0n) is 19.2. The van der Waals surface area contributed by atoms with Gasteiger partial charge in [0.25, 0.3) is 5.89 Å². The van der Waals surface area contributed by atoms with E-state index in [9.17, 15) is 4.79 Å². The van der Waals surface area contributed by atoms with Crippen LogP contribution in [-0.2, 0) is 4.79 Å². The Kier molecular flexibility index (Phi) is 6.15. The van der Waals surface area contributed by atoms with E-state index in [4.69, 9.17) is 32.4 Å². The first-order valence-electron chi connectivity index (χ1n) is 11.9. The smallest absolute Gasteiger partial charge is 0.258 e. The van der Waals surface area contributed by atoms with E-state index in [2.05, 4.69) is 25.8 Å². The Labute approximate surface area is 217 Å². The van der Waals surface area contributed by atoms with Crippen LogP contribution in [-0.4, -0.2) is 27.6 Å². The molecule has 184 valence electrons. The summed E-state index contributed by atoms with van der Waals surface area (Å²) in [5, 5.41) is 17.0. The van der Waals surface area contributed by atoms with Crippen LogP contribution >= 0.6 is 23.2 Å². The van der Waals surface area contributed by atoms with Gasteiger partial charge in [-0.05, 0) is 74.2 Å². The number of benzene rings is 2. The van der Waals surface area contributed by atoms with Crippen LogP contribution in [0.15, 0.2) is 52.9 Å². The Morgan fingerprint density at radius 2 is 1.72 bits per heavy atom. The summed E-state index contributed by atoms with van der Waals surface area (Å²) in [4.78, 5) is 17.4. The summed E-state index contributed by atoms with van der Waals surface area (Å²) in [5.41, 5.74) is 1.64. The average Bonchev–Trinajstić information content (AvgIpc) is 3.39. The number of anilines is 2. The highest BCUT2D eigenvalue weighted by atomic mass is 35.5. The molecule has 4 aromatic rings. The molecule has 0 unspecified atom stereocenters. The number of hydrogen-bond donors (Lipinski definition) is 2. The molecule has 3 heterocycles. The minimum Gasteiger partial charge on any atom is -0.477 e. The first-order valence-corrected chi connectivity index (χ1v) is 12.7. The molecular weight excluding hydrogens is 501 g/mol. The van der Waals surface area contributed by atoms with E-state index in [1.165, 1.54) is 0 Å². The fourth-order valence-electron chi connectivity index (χ4n) is 4.82. The normalized spacial score (nSPS) is 21.3. The Hall–Kier alpha value is -3.36. The summed E-state index contributed by atoms with van der Waals surface area (Å²) in [6, 6.07) is 14.6. The second kappa shape index (κ2) is 9.59. The van der Waals surface area contributed by atoms with E-state index >= 15 is 0 Å². The molecule has 1 aliphatic carbocycles. The third-order valence-corrected chi connectivity index (χ3v) is 7.24. The van der Waals surface area contributed by atoms with Crippen molar-refractivity contribution in [1.29, 1.82) is 0 Å². The van der Waals surface area contributed by atoms with Crippen molar-refractivity contribution in [1.82, 2.24) is 15.2 Å². The molecule has 0 radical (unpaired) electrons. The lowest BCUT2D eigenvalue weighted by Crippen LogP contribution is -2.27. The van der Waals surface area contributed by atoms with E-state index in [-0.39, 0.29) is 23.8 Å². The van der Waals surface area contributed by atoms with Crippen molar-refractivity contribution in [3.8, 4) is 5.75 Å². The summed E-state index contributed by atoms with van der Waals surface area (Å²) in [7, 11) is 0. The predicted octanol–water partition coefficient (Wildman–Crippen LogP) is 6.38. The number of amides is 1. The Morgan fingerprint density at radius 1 is 0.944 bits per heavy atom. The lowest BCUT2D eigenvalue weighted by Gasteiger charge is -2.26. The largest absolute Gasteiger partial charge is 0.477 e. The molecule has 2 aromatic carbocycles. The van der Waals surface area contributed by atoms with Crippen molar-refractivity contribution in [2.24, 2.45) is 5.92 Å². The van der Waals surface area contributed by atoms with Crippen molar-refractivity contribution >= 4 is 51.5 Å². The number of rotatable bonds is 4. The van der Waals surface area contributed by atoms with Gasteiger partial charge in [0.15, 0.2) is 6.10 Å². The molecule has 1 fully saturated rings. The maximum atomic E-state index is 12.9. The second-order valence-electron chi connectivity index (χ2n) is 9.18. The molecule has 36 heavy (non-hydrogen) atoms. The van der Waals surface area contributed by atoms with Crippen molar-refractivity contribution in [3.05, 3.63) is 70.4 Å². The highest BCUT2D eigenvalue weighted by molar-refractivity contribution is 6.31. The third-order valence-electron chi connectivity index (χ3n) is 6.77. The first kappa shape index (κ1) is 23.1. The maximum absolute atomic E-state index is 12.9. The zero-order valence-corrected chi connectivity index (χ0v) is 20.7. The van der Waals surface area contributed by atoms with Gasteiger partial charge in [-0.3, -0.25) is 4.79 Å². The summed E-state index contributed by atoms with van der Waals surface area (Å²) in [6.45, 7) is 0.512. The van der Waals surface area contributed by atoms with Crippen molar-refractivity contribution < 1.29 is 13.9 Å². The molecule has 6 rings (SSSR count). The van der Waals surface area contributed by atoms with Crippen LogP contribution in [0.5, 0.6) is 5.75 Å². The van der Waals surface area contributed by atoms with Gasteiger partial charge in [0.2, 0.25) is 11.8 Å². The topological polar surface area (TPSA) is 102 Å². The molecule has 1 saturated carbocycles. The van der Waals surface area contributed by atoms with Gasteiger partial charge in [-0.1, -0.05) is 23.2 Å². The van der Waals surface area contributed by atoms with Gasteiger partial charge in [-0.25, -0.2) is 4.98 Å².